The van der Waals surface area contributed by atoms with Crippen molar-refractivity contribution in [3.63, 3.8) is 0 Å². The zero-order chi connectivity index (χ0) is 20.9. The van der Waals surface area contributed by atoms with Gasteiger partial charge in [-0.05, 0) is 24.6 Å². The van der Waals surface area contributed by atoms with Crippen molar-refractivity contribution in [3.05, 3.63) is 29.8 Å². The number of methoxy groups -OCH3 is 1. The maximum Gasteiger partial charge on any atom is 0.236 e. The predicted octanol–water partition coefficient (Wildman–Crippen LogP) is 0.307. The van der Waals surface area contributed by atoms with E-state index in [1.54, 1.807) is 14.0 Å². The number of hydrogen-bond acceptors (Lipinski definition) is 6. The van der Waals surface area contributed by atoms with Crippen molar-refractivity contribution in [1.29, 1.82) is 0 Å². The van der Waals surface area contributed by atoms with Crippen molar-refractivity contribution in [2.24, 2.45) is 0 Å². The van der Waals surface area contributed by atoms with Crippen molar-refractivity contribution < 1.29 is 17.9 Å². The predicted molar refractivity (Wildman–Crippen MR) is 112 cm³/mol. The van der Waals surface area contributed by atoms with Crippen LogP contribution in [0.1, 0.15) is 12.5 Å². The Balaban J connectivity index is 1.40. The Morgan fingerprint density at radius 1 is 0.931 bits per heavy atom. The van der Waals surface area contributed by atoms with Gasteiger partial charge in [-0.1, -0.05) is 12.1 Å². The van der Waals surface area contributed by atoms with Crippen LogP contribution >= 0.6 is 0 Å². The molecule has 0 saturated carbocycles. The zero-order valence-electron chi connectivity index (χ0n) is 17.4. The third kappa shape index (κ3) is 5.91. The maximum atomic E-state index is 12.7. The molecule has 0 atom stereocenters. The molecule has 9 heteroatoms. The molecule has 162 valence electrons. The molecule has 0 unspecified atom stereocenters. The molecule has 29 heavy (non-hydrogen) atoms. The van der Waals surface area contributed by atoms with Gasteiger partial charge in [0.1, 0.15) is 5.75 Å². The lowest BCUT2D eigenvalue weighted by atomic mass is 10.2. The number of carbonyl (C=O) groups excluding carboxylic acids is 1. The van der Waals surface area contributed by atoms with Gasteiger partial charge >= 0.3 is 0 Å². The molecule has 0 aliphatic carbocycles. The van der Waals surface area contributed by atoms with Crippen molar-refractivity contribution in [2.75, 3.05) is 71.8 Å². The third-order valence-electron chi connectivity index (χ3n) is 5.74. The summed E-state index contributed by atoms with van der Waals surface area (Å²) in [7, 11) is -1.47. The Morgan fingerprint density at radius 3 is 2.07 bits per heavy atom. The third-order valence-corrected chi connectivity index (χ3v) is 7.62. The van der Waals surface area contributed by atoms with Gasteiger partial charge in [0.25, 0.3) is 0 Å². The van der Waals surface area contributed by atoms with Crippen molar-refractivity contribution in [3.8, 4) is 5.75 Å². The van der Waals surface area contributed by atoms with Crippen LogP contribution in [0.5, 0.6) is 5.75 Å². The number of sulfonamides is 1. The molecule has 2 saturated heterocycles. The standard InChI is InChI=1S/C20H32N4O4S/c1-3-29(26,27)24-14-10-22(11-15-24)17-20(25)23-12-8-21(9-13-23)16-18-4-6-19(28-2)7-5-18/h4-7H,3,8-17H2,1-2H3. The van der Waals surface area contributed by atoms with E-state index in [0.717, 1.165) is 38.5 Å². The van der Waals surface area contributed by atoms with Gasteiger partial charge in [-0.2, -0.15) is 4.31 Å². The van der Waals surface area contributed by atoms with Crippen LogP contribution in [0.15, 0.2) is 24.3 Å². The molecular formula is C20H32N4O4S. The van der Waals surface area contributed by atoms with Gasteiger partial charge in [-0.15, -0.1) is 0 Å². The second-order valence-electron chi connectivity index (χ2n) is 7.58. The molecule has 0 aromatic heterocycles. The largest absolute Gasteiger partial charge is 0.497 e. The van der Waals surface area contributed by atoms with Gasteiger partial charge in [0.15, 0.2) is 0 Å². The molecule has 1 amide bonds. The van der Waals surface area contributed by atoms with Crippen LogP contribution in [0.4, 0.5) is 0 Å². The minimum absolute atomic E-state index is 0.132. The summed E-state index contributed by atoms with van der Waals surface area (Å²) in [5.74, 6) is 1.13. The average Bonchev–Trinajstić information content (AvgIpc) is 2.75. The first-order chi connectivity index (χ1) is 13.9. The summed E-state index contributed by atoms with van der Waals surface area (Å²) in [6, 6.07) is 8.10. The summed E-state index contributed by atoms with van der Waals surface area (Å²) in [4.78, 5) is 19.0. The van der Waals surface area contributed by atoms with Crippen LogP contribution in [-0.4, -0.2) is 105 Å². The second-order valence-corrected chi connectivity index (χ2v) is 9.84. The van der Waals surface area contributed by atoms with Crippen LogP contribution in [0, 0.1) is 0 Å². The summed E-state index contributed by atoms with van der Waals surface area (Å²) in [5.41, 5.74) is 1.24. The number of ether oxygens (including phenoxy) is 1. The van der Waals surface area contributed by atoms with Gasteiger partial charge in [0, 0.05) is 58.9 Å². The summed E-state index contributed by atoms with van der Waals surface area (Å²) in [5, 5.41) is 0. The minimum atomic E-state index is -3.13. The summed E-state index contributed by atoms with van der Waals surface area (Å²) >= 11 is 0. The number of carbonyl (C=O) groups is 1. The van der Waals surface area contributed by atoms with E-state index < -0.39 is 10.0 Å². The molecule has 2 aliphatic heterocycles. The Kier molecular flexibility index (Phi) is 7.50. The number of benzene rings is 1. The fraction of sp³-hybridized carbons (Fsp3) is 0.650. The van der Waals surface area contributed by atoms with Gasteiger partial charge in [0.05, 0.1) is 19.4 Å². The van der Waals surface area contributed by atoms with Crippen LogP contribution < -0.4 is 4.74 Å². The summed E-state index contributed by atoms with van der Waals surface area (Å²) in [6.07, 6.45) is 0. The molecule has 1 aromatic rings. The maximum absolute atomic E-state index is 12.7. The molecule has 3 rings (SSSR count). The van der Waals surface area contributed by atoms with Crippen molar-refractivity contribution in [2.45, 2.75) is 13.5 Å². The molecule has 8 nitrogen and oxygen atoms in total. The van der Waals surface area contributed by atoms with Crippen molar-refractivity contribution >= 4 is 15.9 Å². The minimum Gasteiger partial charge on any atom is -0.497 e. The second kappa shape index (κ2) is 9.88. The molecule has 2 fully saturated rings. The zero-order valence-corrected chi connectivity index (χ0v) is 18.2. The fourth-order valence-corrected chi connectivity index (χ4v) is 4.87. The molecule has 0 radical (unpaired) electrons. The Labute approximate surface area is 174 Å². The molecule has 2 aliphatic rings. The first-order valence-electron chi connectivity index (χ1n) is 10.2. The summed E-state index contributed by atoms with van der Waals surface area (Å²) in [6.45, 7) is 8.28. The normalized spacial score (nSPS) is 20.0. The molecule has 2 heterocycles. The quantitative estimate of drug-likeness (QED) is 0.627. The lowest BCUT2D eigenvalue weighted by molar-refractivity contribution is -0.134. The van der Waals surface area contributed by atoms with Gasteiger partial charge in [0.2, 0.25) is 15.9 Å². The first-order valence-corrected chi connectivity index (χ1v) is 11.9. The molecule has 0 spiro atoms. The SMILES string of the molecule is CCS(=O)(=O)N1CCN(CC(=O)N2CCN(Cc3ccc(OC)cc3)CC2)CC1. The van der Waals surface area contributed by atoms with E-state index in [4.69, 9.17) is 4.74 Å². The Morgan fingerprint density at radius 2 is 1.52 bits per heavy atom. The van der Waals surface area contributed by atoms with Crippen LogP contribution in [-0.2, 0) is 21.4 Å². The van der Waals surface area contributed by atoms with E-state index in [2.05, 4.69) is 21.9 Å². The number of hydrogen-bond donors (Lipinski definition) is 0. The highest BCUT2D eigenvalue weighted by molar-refractivity contribution is 7.89. The Hall–Kier alpha value is -1.68. The van der Waals surface area contributed by atoms with E-state index >= 15 is 0 Å². The molecule has 0 N–H and O–H groups in total. The number of amides is 1. The monoisotopic (exact) mass is 424 g/mol. The highest BCUT2D eigenvalue weighted by Gasteiger charge is 2.28. The number of rotatable bonds is 7. The van der Waals surface area contributed by atoms with Gasteiger partial charge in [-0.3, -0.25) is 14.6 Å². The average molecular weight is 425 g/mol. The van der Waals surface area contributed by atoms with E-state index in [1.165, 1.54) is 9.87 Å². The first kappa shape index (κ1) is 22.0. The number of nitrogens with zero attached hydrogens (tertiary/aromatic N) is 4. The highest BCUT2D eigenvalue weighted by Crippen LogP contribution is 2.14. The van der Waals surface area contributed by atoms with Crippen LogP contribution in [0.2, 0.25) is 0 Å². The molecular weight excluding hydrogens is 392 g/mol. The fourth-order valence-electron chi connectivity index (χ4n) is 3.78. The van der Waals surface area contributed by atoms with E-state index in [-0.39, 0.29) is 11.7 Å². The lowest BCUT2D eigenvalue weighted by Crippen LogP contribution is -2.54. The summed E-state index contributed by atoms with van der Waals surface area (Å²) < 4.78 is 30.6. The van der Waals surface area contributed by atoms with Gasteiger partial charge in [-0.25, -0.2) is 8.42 Å². The highest BCUT2D eigenvalue weighted by atomic mass is 32.2. The molecule has 0 bridgehead atoms. The van der Waals surface area contributed by atoms with E-state index in [1.807, 2.05) is 17.0 Å². The van der Waals surface area contributed by atoms with E-state index in [9.17, 15) is 13.2 Å². The topological polar surface area (TPSA) is 73.4 Å². The van der Waals surface area contributed by atoms with Crippen LogP contribution in [0.3, 0.4) is 0 Å². The van der Waals surface area contributed by atoms with Crippen LogP contribution in [0.25, 0.3) is 0 Å². The smallest absolute Gasteiger partial charge is 0.236 e. The van der Waals surface area contributed by atoms with Gasteiger partial charge < -0.3 is 9.64 Å². The van der Waals surface area contributed by atoms with Crippen molar-refractivity contribution in [1.82, 2.24) is 19.0 Å². The number of piperazine rings is 2. The molecule has 1 aromatic carbocycles. The van der Waals surface area contributed by atoms with E-state index in [0.29, 0.717) is 32.7 Å². The lowest BCUT2D eigenvalue weighted by Gasteiger charge is -2.37. The Bertz CT molecular complexity index is 768.